The van der Waals surface area contributed by atoms with E-state index >= 15 is 0 Å². The van der Waals surface area contributed by atoms with Gasteiger partial charge in [-0.3, -0.25) is 9.48 Å². The van der Waals surface area contributed by atoms with Crippen molar-refractivity contribution in [2.45, 2.75) is 40.3 Å². The summed E-state index contributed by atoms with van der Waals surface area (Å²) in [5.41, 5.74) is 3.48. The largest absolute Gasteiger partial charge is 0.345 e. The molecule has 1 aromatic heterocycles. The summed E-state index contributed by atoms with van der Waals surface area (Å²) < 4.78 is 1.86. The summed E-state index contributed by atoms with van der Waals surface area (Å²) in [6.07, 6.45) is 0. The molecule has 1 aromatic carbocycles. The third-order valence-electron chi connectivity index (χ3n) is 3.56. The van der Waals surface area contributed by atoms with Gasteiger partial charge in [0.15, 0.2) is 0 Å². The number of aromatic nitrogens is 2. The Labute approximate surface area is 119 Å². The van der Waals surface area contributed by atoms with Gasteiger partial charge in [0.2, 0.25) is 0 Å². The van der Waals surface area contributed by atoms with Crippen LogP contribution in [0.4, 0.5) is 0 Å². The van der Waals surface area contributed by atoms with E-state index < -0.39 is 0 Å². The fourth-order valence-corrected chi connectivity index (χ4v) is 2.43. The van der Waals surface area contributed by atoms with Crippen molar-refractivity contribution in [3.63, 3.8) is 0 Å². The molecule has 2 aromatic rings. The van der Waals surface area contributed by atoms with E-state index in [1.165, 1.54) is 0 Å². The maximum absolute atomic E-state index is 12.4. The molecule has 0 aliphatic rings. The topological polar surface area (TPSA) is 46.9 Å². The van der Waals surface area contributed by atoms with Gasteiger partial charge in [0, 0.05) is 12.2 Å². The molecule has 0 saturated carbocycles. The Hall–Kier alpha value is -2.10. The zero-order chi connectivity index (χ0) is 14.7. The number of carbonyl (C=O) groups excluding carboxylic acids is 1. The van der Waals surface area contributed by atoms with Gasteiger partial charge >= 0.3 is 0 Å². The molecule has 4 nitrogen and oxygen atoms in total. The minimum absolute atomic E-state index is 0.0209. The van der Waals surface area contributed by atoms with E-state index in [0.717, 1.165) is 23.5 Å². The van der Waals surface area contributed by atoms with E-state index in [-0.39, 0.29) is 11.9 Å². The third-order valence-corrected chi connectivity index (χ3v) is 3.56. The second kappa shape index (κ2) is 5.90. The lowest BCUT2D eigenvalue weighted by atomic mass is 10.1. The highest BCUT2D eigenvalue weighted by Crippen LogP contribution is 2.16. The first-order chi connectivity index (χ1) is 9.54. The minimum Gasteiger partial charge on any atom is -0.345 e. The van der Waals surface area contributed by atoms with Crippen molar-refractivity contribution in [3.05, 3.63) is 52.8 Å². The zero-order valence-corrected chi connectivity index (χ0v) is 12.5. The average Bonchev–Trinajstić information content (AvgIpc) is 2.74. The molecule has 4 heteroatoms. The number of nitrogens with zero attached hydrogens (tertiary/aromatic N) is 2. The van der Waals surface area contributed by atoms with E-state index in [4.69, 9.17) is 0 Å². The Morgan fingerprint density at radius 2 is 1.95 bits per heavy atom. The fourth-order valence-electron chi connectivity index (χ4n) is 2.43. The van der Waals surface area contributed by atoms with Crippen LogP contribution in [0.1, 0.15) is 47.2 Å². The van der Waals surface area contributed by atoms with Crippen molar-refractivity contribution in [2.75, 3.05) is 0 Å². The monoisotopic (exact) mass is 271 g/mol. The molecule has 0 aliphatic heterocycles. The van der Waals surface area contributed by atoms with Crippen LogP contribution in [-0.2, 0) is 6.54 Å². The first-order valence-corrected chi connectivity index (χ1v) is 6.94. The number of hydrogen-bond acceptors (Lipinski definition) is 2. The summed E-state index contributed by atoms with van der Waals surface area (Å²) in [6, 6.07) is 9.93. The highest BCUT2D eigenvalue weighted by Gasteiger charge is 2.19. The van der Waals surface area contributed by atoms with Gasteiger partial charge in [-0.05, 0) is 33.3 Å². The van der Waals surface area contributed by atoms with E-state index in [0.29, 0.717) is 5.56 Å². The number of benzene rings is 1. The van der Waals surface area contributed by atoms with Crippen molar-refractivity contribution >= 4 is 5.91 Å². The standard InChI is InChI=1S/C16H21N3O/c1-5-19-13(4)15(12(3)18-19)16(20)17-11(2)14-9-7-6-8-10-14/h6-11H,5H2,1-4H3,(H,17,20). The van der Waals surface area contributed by atoms with Crippen molar-refractivity contribution in [1.29, 1.82) is 0 Å². The number of hydrogen-bond donors (Lipinski definition) is 1. The Morgan fingerprint density at radius 1 is 1.30 bits per heavy atom. The summed E-state index contributed by atoms with van der Waals surface area (Å²) in [5.74, 6) is -0.0592. The molecule has 106 valence electrons. The van der Waals surface area contributed by atoms with Gasteiger partial charge < -0.3 is 5.32 Å². The molecule has 1 atom stereocenters. The van der Waals surface area contributed by atoms with E-state index in [1.807, 2.05) is 62.7 Å². The summed E-state index contributed by atoms with van der Waals surface area (Å²) in [6.45, 7) is 8.59. The molecule has 0 saturated heterocycles. The van der Waals surface area contributed by atoms with Gasteiger partial charge in [-0.15, -0.1) is 0 Å². The number of rotatable bonds is 4. The molecule has 0 spiro atoms. The van der Waals surface area contributed by atoms with Crippen LogP contribution >= 0.6 is 0 Å². The first kappa shape index (κ1) is 14.3. The quantitative estimate of drug-likeness (QED) is 0.929. The van der Waals surface area contributed by atoms with Gasteiger partial charge in [-0.1, -0.05) is 30.3 Å². The smallest absolute Gasteiger partial charge is 0.255 e. The second-order valence-corrected chi connectivity index (χ2v) is 4.97. The van der Waals surface area contributed by atoms with Crippen LogP contribution in [0.5, 0.6) is 0 Å². The predicted molar refractivity (Wildman–Crippen MR) is 79.7 cm³/mol. The van der Waals surface area contributed by atoms with Gasteiger partial charge in [0.05, 0.1) is 17.3 Å². The van der Waals surface area contributed by atoms with E-state index in [2.05, 4.69) is 10.4 Å². The summed E-state index contributed by atoms with van der Waals surface area (Å²) in [4.78, 5) is 12.4. The second-order valence-electron chi connectivity index (χ2n) is 4.97. The van der Waals surface area contributed by atoms with Crippen molar-refractivity contribution in [3.8, 4) is 0 Å². The number of carbonyl (C=O) groups is 1. The summed E-state index contributed by atoms with van der Waals surface area (Å²) in [7, 11) is 0. The molecule has 2 rings (SSSR count). The van der Waals surface area contributed by atoms with Crippen molar-refractivity contribution in [2.24, 2.45) is 0 Å². The van der Waals surface area contributed by atoms with Crippen LogP contribution < -0.4 is 5.32 Å². The SMILES string of the molecule is CCn1nc(C)c(C(=O)NC(C)c2ccccc2)c1C. The first-order valence-electron chi connectivity index (χ1n) is 6.94. The predicted octanol–water partition coefficient (Wildman–Crippen LogP) is 3.01. The molecular formula is C16H21N3O. The summed E-state index contributed by atoms with van der Waals surface area (Å²) in [5, 5.41) is 7.42. The molecule has 1 amide bonds. The van der Waals surface area contributed by atoms with Crippen LogP contribution in [0.25, 0.3) is 0 Å². The number of amides is 1. The molecule has 1 heterocycles. The lowest BCUT2D eigenvalue weighted by Gasteiger charge is -2.14. The van der Waals surface area contributed by atoms with Crippen LogP contribution in [0.2, 0.25) is 0 Å². The average molecular weight is 271 g/mol. The van der Waals surface area contributed by atoms with Gasteiger partial charge in [-0.25, -0.2) is 0 Å². The maximum Gasteiger partial charge on any atom is 0.255 e. The van der Waals surface area contributed by atoms with Crippen LogP contribution in [0.15, 0.2) is 30.3 Å². The molecule has 20 heavy (non-hydrogen) atoms. The lowest BCUT2D eigenvalue weighted by molar-refractivity contribution is 0.0938. The third kappa shape index (κ3) is 2.74. The van der Waals surface area contributed by atoms with Gasteiger partial charge in [-0.2, -0.15) is 5.10 Å². The number of nitrogens with one attached hydrogen (secondary N) is 1. The van der Waals surface area contributed by atoms with Crippen LogP contribution in [0, 0.1) is 13.8 Å². The molecule has 0 bridgehead atoms. The Balaban J connectivity index is 2.19. The highest BCUT2D eigenvalue weighted by atomic mass is 16.1. The van der Waals surface area contributed by atoms with Gasteiger partial charge in [0.25, 0.3) is 5.91 Å². The van der Waals surface area contributed by atoms with Crippen molar-refractivity contribution < 1.29 is 4.79 Å². The summed E-state index contributed by atoms with van der Waals surface area (Å²) >= 11 is 0. The molecule has 0 radical (unpaired) electrons. The lowest BCUT2D eigenvalue weighted by Crippen LogP contribution is -2.27. The normalized spacial score (nSPS) is 12.2. The van der Waals surface area contributed by atoms with Crippen LogP contribution in [0.3, 0.4) is 0 Å². The van der Waals surface area contributed by atoms with Crippen LogP contribution in [-0.4, -0.2) is 15.7 Å². The Morgan fingerprint density at radius 3 is 2.50 bits per heavy atom. The fraction of sp³-hybridized carbons (Fsp3) is 0.375. The molecule has 1 N–H and O–H groups in total. The molecule has 1 unspecified atom stereocenters. The number of aryl methyl sites for hydroxylation is 2. The maximum atomic E-state index is 12.4. The molecular weight excluding hydrogens is 250 g/mol. The Bertz CT molecular complexity index is 602. The highest BCUT2D eigenvalue weighted by molar-refractivity contribution is 5.96. The van der Waals surface area contributed by atoms with Gasteiger partial charge in [0.1, 0.15) is 0 Å². The molecule has 0 fully saturated rings. The van der Waals surface area contributed by atoms with E-state index in [9.17, 15) is 4.79 Å². The minimum atomic E-state index is -0.0592. The van der Waals surface area contributed by atoms with Crippen molar-refractivity contribution in [1.82, 2.24) is 15.1 Å². The molecule has 0 aliphatic carbocycles. The Kier molecular flexibility index (Phi) is 4.23. The zero-order valence-electron chi connectivity index (χ0n) is 12.5. The van der Waals surface area contributed by atoms with E-state index in [1.54, 1.807) is 0 Å².